The van der Waals surface area contributed by atoms with Gasteiger partial charge in [0.05, 0.1) is 10.8 Å². The Balaban J connectivity index is 2.28. The van der Waals surface area contributed by atoms with E-state index in [0.29, 0.717) is 17.9 Å². The van der Waals surface area contributed by atoms with E-state index in [1.54, 1.807) is 71.9 Å². The summed E-state index contributed by atoms with van der Waals surface area (Å²) in [5.74, 6) is -0.209. The number of para-hydroxylation sites is 1. The zero-order chi connectivity index (χ0) is 32.6. The molecule has 2 aromatic carbocycles. The van der Waals surface area contributed by atoms with E-state index >= 15 is 0 Å². The predicted molar refractivity (Wildman–Crippen MR) is 161 cm³/mol. The average Bonchev–Trinajstić information content (AvgIpc) is 2.85. The van der Waals surface area contributed by atoms with Crippen LogP contribution in [0.2, 0.25) is 0 Å². The van der Waals surface area contributed by atoms with Gasteiger partial charge < -0.3 is 14.2 Å². The van der Waals surface area contributed by atoms with Crippen LogP contribution >= 0.6 is 7.60 Å². The van der Waals surface area contributed by atoms with Gasteiger partial charge in [0.25, 0.3) is 10.1 Å². The molecule has 0 spiro atoms. The fourth-order valence-corrected chi connectivity index (χ4v) is 7.41. The molecule has 3 atom stereocenters. The first-order valence-corrected chi connectivity index (χ1v) is 17.0. The molecule has 0 amide bonds. The summed E-state index contributed by atoms with van der Waals surface area (Å²) in [6.07, 6.45) is -2.97. The number of carbonyl (C=O) groups excluding carboxylic acids is 2. The maximum absolute atomic E-state index is 14.2. The highest BCUT2D eigenvalue weighted by atomic mass is 32.2. The molecule has 0 aromatic heterocycles. The van der Waals surface area contributed by atoms with Gasteiger partial charge in [-0.2, -0.15) is 8.42 Å². The molecule has 0 saturated heterocycles. The third-order valence-corrected chi connectivity index (χ3v) is 10.5. The third kappa shape index (κ3) is 12.0. The highest BCUT2D eigenvalue weighted by molar-refractivity contribution is 7.94. The third-order valence-electron chi connectivity index (χ3n) is 5.85. The van der Waals surface area contributed by atoms with Gasteiger partial charge in [-0.05, 0) is 104 Å². The van der Waals surface area contributed by atoms with Crippen molar-refractivity contribution in [2.24, 2.45) is 10.8 Å². The first kappa shape index (κ1) is 36.4. The van der Waals surface area contributed by atoms with Gasteiger partial charge in [0.15, 0.2) is 4.99 Å². The summed E-state index contributed by atoms with van der Waals surface area (Å²) in [7, 11) is -9.92. The molecule has 13 heteroatoms. The van der Waals surface area contributed by atoms with Crippen LogP contribution in [0.3, 0.4) is 0 Å². The van der Waals surface area contributed by atoms with Crippen LogP contribution in [0.4, 0.5) is 0 Å². The Labute approximate surface area is 254 Å². The summed E-state index contributed by atoms with van der Waals surface area (Å²) in [6.45, 7) is 12.0. The van der Waals surface area contributed by atoms with Gasteiger partial charge >= 0.3 is 19.5 Å². The normalized spacial score (nSPS) is 15.9. The number of carbonyl (C=O) groups is 2. The molecule has 2 aromatic rings. The lowest BCUT2D eigenvalue weighted by Crippen LogP contribution is -2.33. The van der Waals surface area contributed by atoms with Gasteiger partial charge in [0, 0.05) is 0 Å². The van der Waals surface area contributed by atoms with Crippen molar-refractivity contribution in [3.63, 3.8) is 0 Å². The van der Waals surface area contributed by atoms with Gasteiger partial charge in [-0.1, -0.05) is 30.3 Å². The van der Waals surface area contributed by atoms with E-state index in [4.69, 9.17) is 23.3 Å². The summed E-state index contributed by atoms with van der Waals surface area (Å²) in [5.41, 5.74) is -1.10. The lowest BCUT2D eigenvalue weighted by molar-refractivity contribution is -0.176. The molecule has 0 bridgehead atoms. The monoisotopic (exact) mass is 642 g/mol. The van der Waals surface area contributed by atoms with E-state index in [1.807, 2.05) is 24.3 Å². The van der Waals surface area contributed by atoms with E-state index in [0.717, 1.165) is 5.56 Å². The highest BCUT2D eigenvalue weighted by Crippen LogP contribution is 2.58. The second-order valence-corrected chi connectivity index (χ2v) is 16.2. The molecule has 2 rings (SSSR count). The Morgan fingerprint density at radius 2 is 1.30 bits per heavy atom. The molecule has 1 N–H and O–H groups in total. The van der Waals surface area contributed by atoms with Crippen LogP contribution in [0, 0.1) is 10.8 Å². The standard InChI is InChI=1S/C30H43O11PS/c1-21(37-27(31)29(3,4)5)40-42(33,41-22(2)38-28(32)30(6,7)8)26(43(34,35)36)19-13-15-23-14-12-18-25(20-23)39-24-16-10-9-11-17-24/h9-12,14,16-18,20-22,26H,13,15,19H2,1-8H3,(H,34,35,36). The van der Waals surface area contributed by atoms with Crippen molar-refractivity contribution < 1.29 is 50.4 Å². The van der Waals surface area contributed by atoms with Crippen LogP contribution in [-0.4, -0.2) is 42.5 Å². The van der Waals surface area contributed by atoms with Crippen LogP contribution in [0.5, 0.6) is 11.5 Å². The van der Waals surface area contributed by atoms with Gasteiger partial charge in [0.1, 0.15) is 11.5 Å². The minimum atomic E-state index is -5.05. The molecule has 240 valence electrons. The summed E-state index contributed by atoms with van der Waals surface area (Å²) in [4.78, 5) is 22.7. The fraction of sp³-hybridized carbons (Fsp3) is 0.533. The number of rotatable bonds is 14. The van der Waals surface area contributed by atoms with Gasteiger partial charge in [-0.3, -0.25) is 27.8 Å². The first-order valence-electron chi connectivity index (χ1n) is 13.9. The minimum absolute atomic E-state index is 0.127. The summed E-state index contributed by atoms with van der Waals surface area (Å²) < 4.78 is 76.7. The molecule has 0 radical (unpaired) electrons. The molecular weight excluding hydrogens is 599 g/mol. The van der Waals surface area contributed by atoms with E-state index < -0.39 is 58.1 Å². The van der Waals surface area contributed by atoms with Crippen LogP contribution in [0.25, 0.3) is 0 Å². The van der Waals surface area contributed by atoms with Crippen molar-refractivity contribution in [1.29, 1.82) is 0 Å². The van der Waals surface area contributed by atoms with Gasteiger partial charge in [-0.25, -0.2) is 0 Å². The summed E-state index contributed by atoms with van der Waals surface area (Å²) >= 11 is 0. The quantitative estimate of drug-likeness (QED) is 0.0971. The van der Waals surface area contributed by atoms with Crippen LogP contribution < -0.4 is 4.74 Å². The van der Waals surface area contributed by atoms with Crippen molar-refractivity contribution in [3.8, 4) is 11.5 Å². The molecule has 0 aliphatic rings. The molecule has 3 unspecified atom stereocenters. The topological polar surface area (TPSA) is 152 Å². The number of aryl methyl sites for hydroxylation is 1. The van der Waals surface area contributed by atoms with Crippen molar-refractivity contribution in [3.05, 3.63) is 60.2 Å². The van der Waals surface area contributed by atoms with E-state index in [9.17, 15) is 27.1 Å². The van der Waals surface area contributed by atoms with Gasteiger partial charge in [-0.15, -0.1) is 0 Å². The maximum Gasteiger partial charge on any atom is 0.357 e. The Bertz CT molecular complexity index is 1340. The summed E-state index contributed by atoms with van der Waals surface area (Å²) in [5, 5.41) is 0. The van der Waals surface area contributed by atoms with Crippen molar-refractivity contribution in [1.82, 2.24) is 0 Å². The molecule has 0 saturated carbocycles. The molecule has 0 fully saturated rings. The molecule has 11 nitrogen and oxygen atoms in total. The maximum atomic E-state index is 14.2. The Morgan fingerprint density at radius 1 is 0.814 bits per heavy atom. The second-order valence-electron chi connectivity index (χ2n) is 12.1. The predicted octanol–water partition coefficient (Wildman–Crippen LogP) is 7.11. The molecule has 0 aliphatic carbocycles. The lowest BCUT2D eigenvalue weighted by Gasteiger charge is -2.30. The Morgan fingerprint density at radius 3 is 1.77 bits per heavy atom. The zero-order valence-electron chi connectivity index (χ0n) is 25.9. The molecular formula is C30H43O11PS. The number of hydrogen-bond acceptors (Lipinski definition) is 10. The van der Waals surface area contributed by atoms with E-state index in [2.05, 4.69) is 0 Å². The Hall–Kier alpha value is -2.76. The average molecular weight is 643 g/mol. The van der Waals surface area contributed by atoms with Crippen molar-refractivity contribution >= 4 is 29.7 Å². The zero-order valence-corrected chi connectivity index (χ0v) is 27.6. The number of esters is 2. The highest BCUT2D eigenvalue weighted by Gasteiger charge is 2.48. The summed E-state index contributed by atoms with van der Waals surface area (Å²) in [6, 6.07) is 16.3. The smallest absolute Gasteiger partial charge is 0.357 e. The van der Waals surface area contributed by atoms with Crippen molar-refractivity contribution in [2.75, 3.05) is 0 Å². The molecule has 0 aliphatic heterocycles. The molecule has 0 heterocycles. The fourth-order valence-electron chi connectivity index (χ4n) is 3.61. The van der Waals surface area contributed by atoms with Crippen LogP contribution in [-0.2, 0) is 49.2 Å². The van der Waals surface area contributed by atoms with Crippen LogP contribution in [0.15, 0.2) is 54.6 Å². The van der Waals surface area contributed by atoms with Gasteiger partial charge in [0.2, 0.25) is 12.6 Å². The SMILES string of the molecule is CC(OC(=O)C(C)(C)C)OP(=O)(OC(C)OC(=O)C(C)(C)C)C(CCCc1cccc(Oc2ccccc2)c1)S(=O)(=O)O. The largest absolute Gasteiger partial charge is 0.457 e. The van der Waals surface area contributed by atoms with Crippen molar-refractivity contribution in [2.45, 2.75) is 92.2 Å². The lowest BCUT2D eigenvalue weighted by atomic mass is 9.97. The number of benzene rings is 2. The second kappa shape index (κ2) is 14.8. The van der Waals surface area contributed by atoms with E-state index in [-0.39, 0.29) is 12.8 Å². The van der Waals surface area contributed by atoms with Crippen LogP contribution in [0.1, 0.15) is 73.8 Å². The Kier molecular flexibility index (Phi) is 12.5. The number of hydrogen-bond donors (Lipinski definition) is 1. The first-order chi connectivity index (χ1) is 19.7. The van der Waals surface area contributed by atoms with E-state index in [1.165, 1.54) is 13.8 Å². The molecule has 43 heavy (non-hydrogen) atoms. The minimum Gasteiger partial charge on any atom is -0.457 e. The number of ether oxygens (including phenoxy) is 3.